The molecule has 13 heteroatoms. The summed E-state index contributed by atoms with van der Waals surface area (Å²) in [5, 5.41) is 3.82. The van der Waals surface area contributed by atoms with Gasteiger partial charge in [0.2, 0.25) is 0 Å². The number of H-pyrrole nitrogens is 1. The van der Waals surface area contributed by atoms with Gasteiger partial charge in [0.25, 0.3) is 11.3 Å². The van der Waals surface area contributed by atoms with Crippen molar-refractivity contribution in [3.63, 3.8) is 0 Å². The molecule has 2 heterocycles. The van der Waals surface area contributed by atoms with Crippen molar-refractivity contribution in [1.82, 2.24) is 19.7 Å². The Hall–Kier alpha value is -4.78. The number of Topliss-reactive ketones (excluding diaryl/α,β-unsaturated/α-hetero) is 1. The number of aromatic amines is 1. The van der Waals surface area contributed by atoms with Gasteiger partial charge < -0.3 is 10.5 Å². The molecule has 3 N–H and O–H groups in total. The van der Waals surface area contributed by atoms with E-state index in [1.807, 2.05) is 55.5 Å². The summed E-state index contributed by atoms with van der Waals surface area (Å²) in [7, 11) is 0. The molecular weight excluding hydrogens is 603 g/mol. The quantitative estimate of drug-likeness (QED) is 0.224. The maximum Gasteiger partial charge on any atom is 0.452 e. The maximum absolute atomic E-state index is 14.2. The van der Waals surface area contributed by atoms with Crippen molar-refractivity contribution in [3.05, 3.63) is 98.3 Å². The number of carbonyl (C=O) groups excluding carboxylic acids is 1. The standard InChI is InChI=1S/C33H34F3N5O5/c1-2-5-27-26(18-20-8-10-21(11-9-20)24-6-3-4-7-25(24)30-39-32(44)46-40-30)31(43)41(29(38-27)16-17-37)22-12-14-23(15-13-22)45-19-28(42)33(34,35)36/h3-4,6-11,16-17,22-23H,2,5,12-15,18-19,37H2,1H3,(H,39,40,44). The molecular formula is C33H34F3N5O5. The summed E-state index contributed by atoms with van der Waals surface area (Å²) < 4.78 is 49.4. The number of carbonyl (C=O) groups is 1. The first kappa shape index (κ1) is 32.6. The van der Waals surface area contributed by atoms with Gasteiger partial charge in [-0.1, -0.05) is 67.0 Å². The third kappa shape index (κ3) is 7.36. The number of halogens is 3. The van der Waals surface area contributed by atoms with Crippen LogP contribution in [-0.4, -0.2) is 44.4 Å². The van der Waals surface area contributed by atoms with Crippen LogP contribution >= 0.6 is 0 Å². The van der Waals surface area contributed by atoms with Gasteiger partial charge in [-0.3, -0.25) is 23.7 Å². The number of benzene rings is 2. The second kappa shape index (κ2) is 14.1. The second-order valence-electron chi connectivity index (χ2n) is 11.2. The predicted octanol–water partition coefficient (Wildman–Crippen LogP) is 5.36. The van der Waals surface area contributed by atoms with Crippen molar-refractivity contribution in [2.24, 2.45) is 5.73 Å². The fourth-order valence-electron chi connectivity index (χ4n) is 5.85. The molecule has 4 aromatic rings. The summed E-state index contributed by atoms with van der Waals surface area (Å²) in [6.07, 6.45) is 0.901. The average molecular weight is 638 g/mol. The van der Waals surface area contributed by atoms with Crippen LogP contribution in [0.5, 0.6) is 0 Å². The molecule has 0 radical (unpaired) electrons. The van der Waals surface area contributed by atoms with Crippen molar-refractivity contribution >= 4 is 11.9 Å². The molecule has 1 fully saturated rings. The minimum Gasteiger partial charge on any atom is -0.404 e. The van der Waals surface area contributed by atoms with Gasteiger partial charge in [-0.25, -0.2) is 9.78 Å². The lowest BCUT2D eigenvalue weighted by Gasteiger charge is -2.31. The molecule has 10 nitrogen and oxygen atoms in total. The molecule has 2 aromatic carbocycles. The highest BCUT2D eigenvalue weighted by atomic mass is 19.4. The highest BCUT2D eigenvalue weighted by molar-refractivity contribution is 5.85. The number of hydrogen-bond donors (Lipinski definition) is 2. The minimum absolute atomic E-state index is 0.187. The maximum atomic E-state index is 14.2. The minimum atomic E-state index is -4.93. The zero-order chi connectivity index (χ0) is 32.8. The van der Waals surface area contributed by atoms with Crippen molar-refractivity contribution in [3.8, 4) is 22.5 Å². The van der Waals surface area contributed by atoms with Gasteiger partial charge in [-0.15, -0.1) is 0 Å². The van der Waals surface area contributed by atoms with Crippen LogP contribution in [0.3, 0.4) is 0 Å². The number of ether oxygens (including phenoxy) is 1. The first-order valence-corrected chi connectivity index (χ1v) is 15.1. The van der Waals surface area contributed by atoms with Crippen LogP contribution in [0.15, 0.2) is 68.8 Å². The van der Waals surface area contributed by atoms with Crippen LogP contribution in [-0.2, 0) is 22.4 Å². The van der Waals surface area contributed by atoms with Gasteiger partial charge >= 0.3 is 11.9 Å². The lowest BCUT2D eigenvalue weighted by atomic mass is 9.92. The lowest BCUT2D eigenvalue weighted by molar-refractivity contribution is -0.177. The highest BCUT2D eigenvalue weighted by Gasteiger charge is 2.39. The van der Waals surface area contributed by atoms with E-state index in [9.17, 15) is 27.6 Å². The Morgan fingerprint density at radius 2 is 1.78 bits per heavy atom. The van der Waals surface area contributed by atoms with Gasteiger partial charge in [-0.05, 0) is 61.1 Å². The number of alkyl halides is 3. The van der Waals surface area contributed by atoms with Gasteiger partial charge in [0.15, 0.2) is 5.82 Å². The van der Waals surface area contributed by atoms with Gasteiger partial charge in [0.05, 0.1) is 11.8 Å². The summed E-state index contributed by atoms with van der Waals surface area (Å²) in [6, 6.07) is 15.0. The van der Waals surface area contributed by atoms with E-state index in [1.54, 1.807) is 10.6 Å². The second-order valence-corrected chi connectivity index (χ2v) is 11.2. The van der Waals surface area contributed by atoms with E-state index in [0.717, 1.165) is 23.1 Å². The van der Waals surface area contributed by atoms with E-state index in [2.05, 4.69) is 14.7 Å². The van der Waals surface area contributed by atoms with E-state index in [-0.39, 0.29) is 11.6 Å². The first-order chi connectivity index (χ1) is 22.1. The largest absolute Gasteiger partial charge is 0.452 e. The topological polar surface area (TPSA) is 146 Å². The van der Waals surface area contributed by atoms with E-state index >= 15 is 0 Å². The monoisotopic (exact) mass is 637 g/mol. The van der Waals surface area contributed by atoms with Crippen molar-refractivity contribution in [2.45, 2.75) is 70.2 Å². The number of aromatic nitrogens is 4. The molecule has 1 aliphatic carbocycles. The summed E-state index contributed by atoms with van der Waals surface area (Å²) in [6.45, 7) is 0.996. The van der Waals surface area contributed by atoms with E-state index in [4.69, 9.17) is 15.5 Å². The van der Waals surface area contributed by atoms with Crippen molar-refractivity contribution in [1.29, 1.82) is 0 Å². The molecule has 0 spiro atoms. The number of hydrogen-bond acceptors (Lipinski definition) is 8. The molecule has 0 amide bonds. The van der Waals surface area contributed by atoms with E-state index < -0.39 is 30.4 Å². The molecule has 46 heavy (non-hydrogen) atoms. The number of nitrogens with one attached hydrogen (secondary N) is 1. The van der Waals surface area contributed by atoms with Gasteiger partial charge in [0, 0.05) is 23.6 Å². The zero-order valence-electron chi connectivity index (χ0n) is 25.2. The molecule has 0 aliphatic heterocycles. The Morgan fingerprint density at radius 3 is 2.39 bits per heavy atom. The average Bonchev–Trinajstić information content (AvgIpc) is 3.48. The summed E-state index contributed by atoms with van der Waals surface area (Å²) in [5.41, 5.74) is 10.1. The lowest BCUT2D eigenvalue weighted by Crippen LogP contribution is -2.36. The normalized spacial score (nSPS) is 17.0. The smallest absolute Gasteiger partial charge is 0.404 e. The number of nitrogens with two attached hydrogens (primary N) is 1. The third-order valence-electron chi connectivity index (χ3n) is 8.10. The molecule has 0 bridgehead atoms. The number of ketones is 1. The zero-order valence-corrected chi connectivity index (χ0v) is 25.2. The highest BCUT2D eigenvalue weighted by Crippen LogP contribution is 2.32. The molecule has 1 aliphatic rings. The Kier molecular flexibility index (Phi) is 10.0. The molecule has 0 saturated heterocycles. The third-order valence-corrected chi connectivity index (χ3v) is 8.10. The van der Waals surface area contributed by atoms with Crippen LogP contribution in [0.1, 0.15) is 67.7 Å². The summed E-state index contributed by atoms with van der Waals surface area (Å²) in [4.78, 5) is 44.4. The molecule has 0 unspecified atom stereocenters. The van der Waals surface area contributed by atoms with Gasteiger partial charge in [-0.2, -0.15) is 13.2 Å². The SMILES string of the molecule is CCCc1nc(C=CN)n(C2CCC(OCC(=O)C(F)(F)F)CC2)c(=O)c1Cc1ccc(-c2ccccc2-c2noc(=O)[nH]2)cc1. The van der Waals surface area contributed by atoms with Crippen molar-refractivity contribution < 1.29 is 27.2 Å². The Bertz CT molecular complexity index is 1820. The van der Waals surface area contributed by atoms with E-state index in [1.165, 1.54) is 6.20 Å². The van der Waals surface area contributed by atoms with Crippen LogP contribution in [0.4, 0.5) is 13.2 Å². The van der Waals surface area contributed by atoms with Crippen LogP contribution in [0, 0.1) is 0 Å². The molecule has 5 rings (SSSR count). The van der Waals surface area contributed by atoms with E-state index in [0.29, 0.717) is 67.0 Å². The number of rotatable bonds is 11. The fraction of sp³-hybridized carbons (Fsp3) is 0.364. The number of nitrogens with zero attached hydrogens (tertiary/aromatic N) is 3. The summed E-state index contributed by atoms with van der Waals surface area (Å²) in [5.74, 6) is -1.81. The molecule has 2 aromatic heterocycles. The fourth-order valence-corrected chi connectivity index (χ4v) is 5.85. The molecule has 242 valence electrons. The Labute approximate surface area is 262 Å². The molecule has 1 saturated carbocycles. The van der Waals surface area contributed by atoms with Crippen LogP contribution < -0.4 is 17.0 Å². The Balaban J connectivity index is 1.40. The number of aryl methyl sites for hydroxylation is 1. The van der Waals surface area contributed by atoms with Gasteiger partial charge in [0.1, 0.15) is 12.4 Å². The predicted molar refractivity (Wildman–Crippen MR) is 165 cm³/mol. The van der Waals surface area contributed by atoms with Crippen molar-refractivity contribution in [2.75, 3.05) is 6.61 Å². The first-order valence-electron chi connectivity index (χ1n) is 15.1. The molecule has 0 atom stereocenters. The van der Waals surface area contributed by atoms with Crippen LogP contribution in [0.25, 0.3) is 28.6 Å². The van der Waals surface area contributed by atoms with Crippen LogP contribution in [0.2, 0.25) is 0 Å². The Morgan fingerprint density at radius 1 is 1.09 bits per heavy atom. The summed E-state index contributed by atoms with van der Waals surface area (Å²) >= 11 is 0.